The summed E-state index contributed by atoms with van der Waals surface area (Å²) in [6.07, 6.45) is 7.13. The van der Waals surface area contributed by atoms with Crippen LogP contribution in [-0.2, 0) is 20.1 Å². The summed E-state index contributed by atoms with van der Waals surface area (Å²) in [7, 11) is 0. The van der Waals surface area contributed by atoms with Crippen LogP contribution in [0.25, 0.3) is 101 Å². The number of hydrogen-bond acceptors (Lipinski definition) is 5. The molecule has 0 saturated heterocycles. The quantitative estimate of drug-likeness (QED) is 0.0953. The van der Waals surface area contributed by atoms with Crippen LogP contribution in [0.4, 0.5) is 0 Å². The van der Waals surface area contributed by atoms with Crippen molar-refractivity contribution in [1.82, 2.24) is 15.0 Å². The first-order valence-electron chi connectivity index (χ1n) is 24.8. The predicted molar refractivity (Wildman–Crippen MR) is 309 cm³/mol. The maximum absolute atomic E-state index is 10.9. The minimum atomic E-state index is 0. The fourth-order valence-electron chi connectivity index (χ4n) is 8.73. The third-order valence-corrected chi connectivity index (χ3v) is 12.7. The molecule has 9 aromatic carbocycles. The Morgan fingerprint density at radius 1 is 0.260 bits per heavy atom. The van der Waals surface area contributed by atoms with Crippen LogP contribution in [-0.4, -0.2) is 27.5 Å². The Bertz CT molecular complexity index is 3580. The molecule has 5 nitrogen and oxygen atoms in total. The molecule has 0 fully saturated rings. The van der Waals surface area contributed by atoms with Gasteiger partial charge in [0.25, 0.3) is 0 Å². The molecule has 0 atom stereocenters. The Hall–Kier alpha value is -9.58. The summed E-state index contributed by atoms with van der Waals surface area (Å²) in [6.45, 7) is 0. The first-order chi connectivity index (χ1) is 37.6. The summed E-state index contributed by atoms with van der Waals surface area (Å²) in [4.78, 5) is 35.0. The van der Waals surface area contributed by atoms with Crippen LogP contribution in [0.5, 0.6) is 0 Å². The summed E-state index contributed by atoms with van der Waals surface area (Å²) in [5, 5.41) is 0. The molecule has 0 unspecified atom stereocenters. The maximum atomic E-state index is 10.9. The molecule has 6 heteroatoms. The smallest absolute Gasteiger partial charge is 0.305 e. The van der Waals surface area contributed by atoms with E-state index in [1.165, 1.54) is 0 Å². The Balaban J connectivity index is 0.000000153. The molecule has 12 aromatic rings. The van der Waals surface area contributed by atoms with Crippen molar-refractivity contribution in [3.8, 4) is 101 Å². The van der Waals surface area contributed by atoms with Crippen molar-refractivity contribution in [3.63, 3.8) is 0 Å². The van der Waals surface area contributed by atoms with Crippen molar-refractivity contribution in [3.05, 3.63) is 309 Å². The molecule has 368 valence electrons. The van der Waals surface area contributed by atoms with Crippen molar-refractivity contribution in [2.75, 3.05) is 0 Å². The molecule has 0 radical (unpaired) electrons. The maximum Gasteiger partial charge on any atom is 3.00 e. The number of benzene rings is 9. The fraction of sp³-hybridized carbons (Fsp3) is 0. The Morgan fingerprint density at radius 3 is 0.883 bits per heavy atom. The van der Waals surface area contributed by atoms with Crippen LogP contribution in [0.2, 0.25) is 0 Å². The van der Waals surface area contributed by atoms with Gasteiger partial charge in [-0.25, -0.2) is 0 Å². The van der Waals surface area contributed by atoms with Gasteiger partial charge in [-0.3, -0.25) is 9.59 Å². The molecule has 12 rings (SSSR count). The van der Waals surface area contributed by atoms with E-state index in [4.69, 9.17) is 0 Å². The van der Waals surface area contributed by atoms with Gasteiger partial charge in [0.1, 0.15) is 12.6 Å². The van der Waals surface area contributed by atoms with Crippen molar-refractivity contribution in [1.29, 1.82) is 0 Å². The number of carbonyl (C=O) groups is 2. The molecule has 0 aliphatic heterocycles. The third-order valence-electron chi connectivity index (χ3n) is 12.7. The molecular weight excluding hydrogens is 1120 g/mol. The summed E-state index contributed by atoms with van der Waals surface area (Å²) < 4.78 is 0. The molecule has 77 heavy (non-hydrogen) atoms. The second kappa shape index (κ2) is 26.1. The van der Waals surface area contributed by atoms with Crippen LogP contribution in [0.1, 0.15) is 20.7 Å². The zero-order valence-electron chi connectivity index (χ0n) is 41.7. The standard InChI is InChI=1S/2C30H20NO.C11H8N.Ir/c2*32-21-22-13-15-23(16-14-22)24-6-3-7-25(18-24)26-8-4-9-27(19-26)28-10-5-11-29(20-28)30-12-1-2-17-31-30;1-2-6-10(7-3-1)11-8-4-5-9-12-11;/h2*1-10,12-21H;1-6,8-9H;/q3*-1;+3. The average molecular weight is 1170 g/mol. The summed E-state index contributed by atoms with van der Waals surface area (Å²) in [5.74, 6) is 0. The van der Waals surface area contributed by atoms with Crippen molar-refractivity contribution in [2.45, 2.75) is 0 Å². The molecule has 0 amide bonds. The van der Waals surface area contributed by atoms with E-state index in [2.05, 4.69) is 154 Å². The number of pyridine rings is 3. The first kappa shape index (κ1) is 52.3. The van der Waals surface area contributed by atoms with Gasteiger partial charge in [-0.15, -0.1) is 107 Å². The van der Waals surface area contributed by atoms with Gasteiger partial charge >= 0.3 is 20.1 Å². The number of hydrogen-bond donors (Lipinski definition) is 0. The average Bonchev–Trinajstić information content (AvgIpc) is 3.52. The molecule has 0 saturated carbocycles. The molecule has 0 spiro atoms. The van der Waals surface area contributed by atoms with Crippen molar-refractivity contribution < 1.29 is 29.7 Å². The molecular formula is C71H48IrN3O2. The largest absolute Gasteiger partial charge is 3.00 e. The van der Waals surface area contributed by atoms with E-state index in [1.807, 2.05) is 140 Å². The summed E-state index contributed by atoms with van der Waals surface area (Å²) in [6, 6.07) is 97.0. The topological polar surface area (TPSA) is 72.8 Å². The van der Waals surface area contributed by atoms with E-state index in [9.17, 15) is 9.59 Å². The Labute approximate surface area is 463 Å². The van der Waals surface area contributed by atoms with Crippen LogP contribution in [0.3, 0.4) is 0 Å². The molecule has 0 bridgehead atoms. The van der Waals surface area contributed by atoms with E-state index in [0.29, 0.717) is 11.1 Å². The van der Waals surface area contributed by atoms with E-state index >= 15 is 0 Å². The van der Waals surface area contributed by atoms with Gasteiger partial charge in [0, 0.05) is 29.7 Å². The van der Waals surface area contributed by atoms with E-state index in [0.717, 1.165) is 113 Å². The number of aldehydes is 2. The van der Waals surface area contributed by atoms with Gasteiger partial charge in [-0.05, 0) is 115 Å². The number of rotatable bonds is 11. The Morgan fingerprint density at radius 2 is 0.571 bits per heavy atom. The fourth-order valence-corrected chi connectivity index (χ4v) is 8.73. The van der Waals surface area contributed by atoms with Gasteiger partial charge in [0.2, 0.25) is 0 Å². The SMILES string of the molecule is O=Cc1ccc(-c2cccc(-c3cccc(-c4cc[c-]c(-c5ccccn5)c4)c3)c2)cc1.O=Cc1ccc(-c2cccc(-c3cccc(-c4cc[c-]c(-c5ccccn5)c4)c3)c2)cc1.[Ir+3].[c-]1ccccc1-c1ccccn1. The van der Waals surface area contributed by atoms with Gasteiger partial charge in [0.15, 0.2) is 0 Å². The molecule has 0 aliphatic rings. The van der Waals surface area contributed by atoms with Crippen LogP contribution in [0.15, 0.2) is 279 Å². The number of nitrogens with zero attached hydrogens (tertiary/aromatic N) is 3. The van der Waals surface area contributed by atoms with Crippen LogP contribution in [0, 0.1) is 18.2 Å². The monoisotopic (exact) mass is 1170 g/mol. The molecule has 0 N–H and O–H groups in total. The third kappa shape index (κ3) is 13.6. The minimum absolute atomic E-state index is 0. The number of aromatic nitrogens is 3. The van der Waals surface area contributed by atoms with Gasteiger partial charge < -0.3 is 15.0 Å². The second-order valence-electron chi connectivity index (χ2n) is 17.7. The molecule has 0 aliphatic carbocycles. The summed E-state index contributed by atoms with van der Waals surface area (Å²) >= 11 is 0. The predicted octanol–water partition coefficient (Wildman–Crippen LogP) is 17.3. The van der Waals surface area contributed by atoms with Gasteiger partial charge in [0.05, 0.1) is 0 Å². The summed E-state index contributed by atoms with van der Waals surface area (Å²) in [5.41, 5.74) is 20.8. The number of carbonyl (C=O) groups excluding carboxylic acids is 2. The van der Waals surface area contributed by atoms with Gasteiger partial charge in [-0.2, -0.15) is 0 Å². The van der Waals surface area contributed by atoms with Crippen LogP contribution >= 0.6 is 0 Å². The van der Waals surface area contributed by atoms with Crippen molar-refractivity contribution in [2.24, 2.45) is 0 Å². The minimum Gasteiger partial charge on any atom is -0.305 e. The first-order valence-corrected chi connectivity index (χ1v) is 24.8. The zero-order chi connectivity index (χ0) is 51.7. The molecule has 3 aromatic heterocycles. The van der Waals surface area contributed by atoms with Crippen LogP contribution < -0.4 is 0 Å². The zero-order valence-corrected chi connectivity index (χ0v) is 44.1. The molecule has 3 heterocycles. The van der Waals surface area contributed by atoms with E-state index in [-0.39, 0.29) is 20.1 Å². The second-order valence-corrected chi connectivity index (χ2v) is 17.7. The van der Waals surface area contributed by atoms with Crippen molar-refractivity contribution >= 4 is 12.6 Å². The van der Waals surface area contributed by atoms with E-state index < -0.39 is 0 Å². The van der Waals surface area contributed by atoms with Gasteiger partial charge in [-0.1, -0.05) is 158 Å². The Kier molecular flexibility index (Phi) is 17.7. The van der Waals surface area contributed by atoms with E-state index in [1.54, 1.807) is 18.6 Å². The normalized spacial score (nSPS) is 10.3.